The van der Waals surface area contributed by atoms with Gasteiger partial charge in [-0.05, 0) is 30.3 Å². The van der Waals surface area contributed by atoms with E-state index >= 15 is 0 Å². The predicted molar refractivity (Wildman–Crippen MR) is 132 cm³/mol. The minimum atomic E-state index is -0.982. The van der Waals surface area contributed by atoms with Crippen molar-refractivity contribution < 1.29 is 23.9 Å². The minimum absolute atomic E-state index is 0.0815. The Kier molecular flexibility index (Phi) is 7.96. The molecule has 35 heavy (non-hydrogen) atoms. The van der Waals surface area contributed by atoms with E-state index in [1.54, 1.807) is 59.4 Å². The lowest BCUT2D eigenvalue weighted by Crippen LogP contribution is -2.60. The van der Waals surface area contributed by atoms with Gasteiger partial charge in [0.15, 0.2) is 0 Å². The number of nitrogens with one attached hydrogen (secondary N) is 1. The van der Waals surface area contributed by atoms with Crippen LogP contribution in [-0.4, -0.2) is 79.2 Å². The van der Waals surface area contributed by atoms with E-state index in [1.807, 2.05) is 6.07 Å². The number of carbonyl (C=O) groups is 3. The Labute approximate surface area is 214 Å². The molecule has 4 rings (SSSR count). The monoisotopic (exact) mass is 519 g/mol. The predicted octanol–water partition coefficient (Wildman–Crippen LogP) is 3.23. The smallest absolute Gasteiger partial charge is 0.256 e. The van der Waals surface area contributed by atoms with Gasteiger partial charge in [0.25, 0.3) is 11.8 Å². The number of halogens is 2. The van der Waals surface area contributed by atoms with Crippen molar-refractivity contribution in [2.75, 3.05) is 40.0 Å². The van der Waals surface area contributed by atoms with E-state index in [0.29, 0.717) is 60.3 Å². The van der Waals surface area contributed by atoms with E-state index in [4.69, 9.17) is 32.7 Å². The van der Waals surface area contributed by atoms with Crippen molar-refractivity contribution in [3.63, 3.8) is 0 Å². The maximum absolute atomic E-state index is 13.6. The molecule has 8 nitrogen and oxygen atoms in total. The minimum Gasteiger partial charge on any atom is -0.383 e. The largest absolute Gasteiger partial charge is 0.383 e. The van der Waals surface area contributed by atoms with Crippen LogP contribution < -0.4 is 5.32 Å². The van der Waals surface area contributed by atoms with E-state index in [2.05, 4.69) is 5.32 Å². The zero-order valence-electron chi connectivity index (χ0n) is 19.3. The van der Waals surface area contributed by atoms with Crippen LogP contribution in [0.25, 0.3) is 0 Å². The van der Waals surface area contributed by atoms with Gasteiger partial charge < -0.3 is 19.7 Å². The number of carbonyl (C=O) groups excluding carboxylic acids is 3. The molecule has 186 valence electrons. The van der Waals surface area contributed by atoms with Gasteiger partial charge in [-0.1, -0.05) is 41.4 Å². The number of amides is 3. The van der Waals surface area contributed by atoms with E-state index < -0.39 is 11.8 Å². The molecule has 1 spiro atoms. The van der Waals surface area contributed by atoms with Crippen LogP contribution in [0.5, 0.6) is 0 Å². The molecule has 0 aromatic heterocycles. The molecule has 1 atom stereocenters. The van der Waals surface area contributed by atoms with Gasteiger partial charge in [-0.15, -0.1) is 0 Å². The first-order valence-corrected chi connectivity index (χ1v) is 12.2. The van der Waals surface area contributed by atoms with Crippen LogP contribution in [0.15, 0.2) is 48.5 Å². The molecule has 3 amide bonds. The highest BCUT2D eigenvalue weighted by molar-refractivity contribution is 6.42. The number of piperidine rings is 1. The van der Waals surface area contributed by atoms with Crippen molar-refractivity contribution in [2.45, 2.75) is 24.6 Å². The summed E-state index contributed by atoms with van der Waals surface area (Å²) in [6, 6.07) is 12.8. The van der Waals surface area contributed by atoms with Crippen LogP contribution >= 0.6 is 23.2 Å². The number of likely N-dealkylation sites (tertiary alicyclic amines) is 1. The number of methoxy groups -OCH3 is 1. The summed E-state index contributed by atoms with van der Waals surface area (Å²) < 4.78 is 11.2. The fourth-order valence-corrected chi connectivity index (χ4v) is 4.85. The van der Waals surface area contributed by atoms with Gasteiger partial charge in [-0.25, -0.2) is 0 Å². The summed E-state index contributed by atoms with van der Waals surface area (Å²) in [5.41, 5.74) is -0.0679. The molecule has 2 saturated heterocycles. The zero-order valence-corrected chi connectivity index (χ0v) is 20.8. The van der Waals surface area contributed by atoms with E-state index in [0.717, 1.165) is 0 Å². The highest BCUT2D eigenvalue weighted by Crippen LogP contribution is 2.39. The average Bonchev–Trinajstić information content (AvgIpc) is 3.24. The molecule has 10 heteroatoms. The Balaban J connectivity index is 1.54. The van der Waals surface area contributed by atoms with E-state index in [1.165, 1.54) is 0 Å². The summed E-state index contributed by atoms with van der Waals surface area (Å²) in [6.07, 6.45) is 0.751. The third kappa shape index (κ3) is 5.30. The van der Waals surface area contributed by atoms with Gasteiger partial charge in [-0.2, -0.15) is 0 Å². The summed E-state index contributed by atoms with van der Waals surface area (Å²) in [6.45, 7) is 1.49. The molecular weight excluding hydrogens is 493 g/mol. The lowest BCUT2D eigenvalue weighted by atomic mass is 9.96. The summed E-state index contributed by atoms with van der Waals surface area (Å²) in [4.78, 5) is 42.9. The molecule has 2 fully saturated rings. The van der Waals surface area contributed by atoms with Crippen LogP contribution in [0.1, 0.15) is 33.6 Å². The van der Waals surface area contributed by atoms with Crippen molar-refractivity contribution in [1.29, 1.82) is 0 Å². The van der Waals surface area contributed by atoms with Crippen molar-refractivity contribution in [1.82, 2.24) is 15.1 Å². The molecule has 2 aromatic carbocycles. The second kappa shape index (κ2) is 11.0. The number of rotatable bonds is 6. The zero-order chi connectivity index (χ0) is 25.0. The normalized spacial score (nSPS) is 19.1. The molecule has 0 bridgehead atoms. The number of benzene rings is 2. The Morgan fingerprint density at radius 3 is 2.40 bits per heavy atom. The molecular formula is C25H27Cl2N3O5. The van der Waals surface area contributed by atoms with Crippen LogP contribution in [0.4, 0.5) is 0 Å². The molecule has 0 radical (unpaired) electrons. The quantitative estimate of drug-likeness (QED) is 0.592. The average molecular weight is 520 g/mol. The van der Waals surface area contributed by atoms with Crippen molar-refractivity contribution in [2.24, 2.45) is 0 Å². The van der Waals surface area contributed by atoms with Gasteiger partial charge in [-0.3, -0.25) is 19.3 Å². The fraction of sp³-hybridized carbons (Fsp3) is 0.400. The van der Waals surface area contributed by atoms with Gasteiger partial charge in [0.1, 0.15) is 11.8 Å². The Morgan fingerprint density at radius 2 is 1.74 bits per heavy atom. The van der Waals surface area contributed by atoms with Crippen molar-refractivity contribution >= 4 is 40.9 Å². The highest BCUT2D eigenvalue weighted by atomic mass is 35.5. The summed E-state index contributed by atoms with van der Waals surface area (Å²) in [5.74, 6) is -0.747. The third-order valence-electron chi connectivity index (χ3n) is 6.41. The van der Waals surface area contributed by atoms with E-state index in [9.17, 15) is 14.4 Å². The molecule has 1 N–H and O–H groups in total. The van der Waals surface area contributed by atoms with Crippen molar-refractivity contribution in [3.05, 3.63) is 69.7 Å². The summed E-state index contributed by atoms with van der Waals surface area (Å²) >= 11 is 12.1. The molecule has 2 heterocycles. The molecule has 0 aliphatic carbocycles. The first-order chi connectivity index (χ1) is 16.9. The van der Waals surface area contributed by atoms with Crippen LogP contribution in [0.2, 0.25) is 10.0 Å². The maximum Gasteiger partial charge on any atom is 0.256 e. The Bertz CT molecular complexity index is 1090. The van der Waals surface area contributed by atoms with Gasteiger partial charge in [0.05, 0.1) is 23.3 Å². The summed E-state index contributed by atoms with van der Waals surface area (Å²) in [5, 5.41) is 3.51. The number of nitrogens with zero attached hydrogens (tertiary/aromatic N) is 2. The first-order valence-electron chi connectivity index (χ1n) is 11.4. The standard InChI is InChI=1S/C25H27Cl2N3O5/c1-34-14-11-28-22(31)21-16-35-25(30(21)24(33)17-5-3-2-4-6-17)9-12-29(13-10-25)23(32)18-7-8-19(26)20(27)15-18/h2-8,15,21H,9-14,16H2,1H3,(H,28,31)/t21-/m0/s1. The molecule has 2 aliphatic heterocycles. The van der Waals surface area contributed by atoms with Crippen LogP contribution in [0.3, 0.4) is 0 Å². The third-order valence-corrected chi connectivity index (χ3v) is 7.15. The van der Waals surface area contributed by atoms with Gasteiger partial charge in [0, 0.05) is 50.7 Å². The lowest BCUT2D eigenvalue weighted by molar-refractivity contribution is -0.128. The highest BCUT2D eigenvalue weighted by Gasteiger charge is 2.54. The SMILES string of the molecule is COCCNC(=O)[C@@H]1COC2(CCN(C(=O)c3ccc(Cl)c(Cl)c3)CC2)N1C(=O)c1ccccc1. The number of ether oxygens (including phenoxy) is 2. The summed E-state index contributed by atoms with van der Waals surface area (Å²) in [7, 11) is 1.55. The van der Waals surface area contributed by atoms with E-state index in [-0.39, 0.29) is 24.3 Å². The topological polar surface area (TPSA) is 88.2 Å². The second-order valence-corrected chi connectivity index (χ2v) is 9.33. The van der Waals surface area contributed by atoms with Gasteiger partial charge in [0.2, 0.25) is 5.91 Å². The lowest BCUT2D eigenvalue weighted by Gasteiger charge is -2.44. The number of hydrogen-bond acceptors (Lipinski definition) is 5. The fourth-order valence-electron chi connectivity index (χ4n) is 4.55. The van der Waals surface area contributed by atoms with Gasteiger partial charge >= 0.3 is 0 Å². The second-order valence-electron chi connectivity index (χ2n) is 8.52. The maximum atomic E-state index is 13.6. The van der Waals surface area contributed by atoms with Crippen molar-refractivity contribution in [3.8, 4) is 0 Å². The number of hydrogen-bond donors (Lipinski definition) is 1. The Hall–Kier alpha value is -2.65. The molecule has 2 aromatic rings. The Morgan fingerprint density at radius 1 is 1.03 bits per heavy atom. The first kappa shape index (κ1) is 25.4. The molecule has 0 saturated carbocycles. The molecule has 2 aliphatic rings. The van der Waals surface area contributed by atoms with Crippen LogP contribution in [-0.2, 0) is 14.3 Å². The molecule has 0 unspecified atom stereocenters. The van der Waals surface area contributed by atoms with Crippen LogP contribution in [0, 0.1) is 0 Å².